The van der Waals surface area contributed by atoms with Crippen molar-refractivity contribution in [1.82, 2.24) is 19.8 Å². The molecule has 1 amide bonds. The second-order valence-electron chi connectivity index (χ2n) is 7.76. The molecule has 3 aromatic rings. The van der Waals surface area contributed by atoms with Gasteiger partial charge in [0.15, 0.2) is 0 Å². The summed E-state index contributed by atoms with van der Waals surface area (Å²) in [7, 11) is -3.98. The highest BCUT2D eigenvalue weighted by molar-refractivity contribution is 7.89. The maximum atomic E-state index is 13.0. The van der Waals surface area contributed by atoms with Gasteiger partial charge in [-0.25, -0.2) is 13.4 Å². The van der Waals surface area contributed by atoms with Gasteiger partial charge >= 0.3 is 0 Å². The summed E-state index contributed by atoms with van der Waals surface area (Å²) in [5.74, 6) is 1.07. The number of nitrogens with zero attached hydrogens (tertiary/aromatic N) is 3. The second-order valence-corrected chi connectivity index (χ2v) is 9.44. The van der Waals surface area contributed by atoms with Gasteiger partial charge in [0.05, 0.1) is 10.9 Å². The van der Waals surface area contributed by atoms with Gasteiger partial charge in [-0.1, -0.05) is 17.3 Å². The van der Waals surface area contributed by atoms with Gasteiger partial charge in [0.1, 0.15) is 5.82 Å². The number of aromatic nitrogens is 3. The average molecular weight is 442 g/mol. The fraction of sp³-hybridized carbons (Fsp3) is 0.333. The van der Waals surface area contributed by atoms with E-state index in [1.807, 2.05) is 6.92 Å². The van der Waals surface area contributed by atoms with Crippen molar-refractivity contribution in [2.24, 2.45) is 0 Å². The number of pyridine rings is 1. The van der Waals surface area contributed by atoms with Crippen LogP contribution in [0.3, 0.4) is 0 Å². The molecule has 0 spiro atoms. The Morgan fingerprint density at radius 2 is 1.97 bits per heavy atom. The first-order chi connectivity index (χ1) is 14.7. The number of anilines is 1. The Kier molecular flexibility index (Phi) is 5.59. The van der Waals surface area contributed by atoms with Gasteiger partial charge < -0.3 is 9.84 Å². The smallest absolute Gasteiger partial charge is 0.243 e. The molecule has 1 unspecified atom stereocenters. The van der Waals surface area contributed by atoms with Crippen LogP contribution in [-0.4, -0.2) is 35.5 Å². The highest BCUT2D eigenvalue weighted by atomic mass is 32.2. The molecule has 1 aromatic carbocycles. The fourth-order valence-electron chi connectivity index (χ4n) is 3.07. The molecule has 2 N–H and O–H groups in total. The number of benzene rings is 1. The fourth-order valence-corrected chi connectivity index (χ4v) is 4.54. The first-order valence-corrected chi connectivity index (χ1v) is 11.4. The lowest BCUT2D eigenvalue weighted by atomic mass is 10.1. The lowest BCUT2D eigenvalue weighted by Gasteiger charge is -2.16. The van der Waals surface area contributed by atoms with E-state index in [0.717, 1.165) is 18.4 Å². The summed E-state index contributed by atoms with van der Waals surface area (Å²) in [4.78, 5) is 21.0. The molecule has 1 fully saturated rings. The minimum atomic E-state index is -3.98. The monoisotopic (exact) mass is 441 g/mol. The predicted molar refractivity (Wildman–Crippen MR) is 114 cm³/mol. The zero-order valence-corrected chi connectivity index (χ0v) is 18.2. The number of amides is 1. The number of hydrogen-bond acceptors (Lipinski definition) is 7. The SMILES string of the molecule is Cc1ccnc(NC(=O)C(C)NS(=O)(=O)c2cc(-c3noc(C4CC4)n3)ccc2C)c1. The number of sulfonamides is 1. The van der Waals surface area contributed by atoms with Gasteiger partial charge in [0, 0.05) is 17.7 Å². The number of rotatable bonds is 7. The molecule has 0 saturated heterocycles. The number of hydrogen-bond donors (Lipinski definition) is 2. The Labute approximate surface area is 180 Å². The van der Waals surface area contributed by atoms with Gasteiger partial charge in [-0.2, -0.15) is 9.71 Å². The van der Waals surface area contributed by atoms with Crippen LogP contribution in [0.2, 0.25) is 0 Å². The molecule has 2 aromatic heterocycles. The molecule has 162 valence electrons. The van der Waals surface area contributed by atoms with Crippen LogP contribution in [0, 0.1) is 13.8 Å². The van der Waals surface area contributed by atoms with Crippen LogP contribution in [-0.2, 0) is 14.8 Å². The Balaban J connectivity index is 1.52. The third kappa shape index (κ3) is 4.80. The van der Waals surface area contributed by atoms with Crippen molar-refractivity contribution in [3.8, 4) is 11.4 Å². The Morgan fingerprint density at radius 1 is 1.19 bits per heavy atom. The standard InChI is InChI=1S/C21H23N5O4S/c1-12-8-9-22-18(10-12)23-20(27)14(3)26-31(28,29)17-11-16(5-4-13(17)2)19-24-21(30-25-19)15-6-7-15/h4-5,8-11,14-15,26H,6-7H2,1-3H3,(H,22,23,27). The molecule has 10 heteroatoms. The first kappa shape index (κ1) is 21.1. The lowest BCUT2D eigenvalue weighted by molar-refractivity contribution is -0.117. The molecular formula is C21H23N5O4S. The molecule has 1 aliphatic rings. The van der Waals surface area contributed by atoms with Crippen molar-refractivity contribution in [2.45, 2.75) is 50.5 Å². The van der Waals surface area contributed by atoms with E-state index in [9.17, 15) is 13.2 Å². The minimum absolute atomic E-state index is 0.0519. The molecule has 2 heterocycles. The molecule has 0 aliphatic heterocycles. The summed E-state index contributed by atoms with van der Waals surface area (Å²) in [6.45, 7) is 5.03. The molecule has 1 aliphatic carbocycles. The van der Waals surface area contributed by atoms with Crippen molar-refractivity contribution in [2.75, 3.05) is 5.32 Å². The zero-order valence-electron chi connectivity index (χ0n) is 17.4. The van der Waals surface area contributed by atoms with Crippen molar-refractivity contribution < 1.29 is 17.7 Å². The molecule has 1 atom stereocenters. The van der Waals surface area contributed by atoms with Crippen LogP contribution in [0.1, 0.15) is 42.7 Å². The summed E-state index contributed by atoms with van der Waals surface area (Å²) in [6, 6.07) is 7.41. The van der Waals surface area contributed by atoms with Crippen LogP contribution in [0.5, 0.6) is 0 Å². The number of carbonyl (C=O) groups is 1. The lowest BCUT2D eigenvalue weighted by Crippen LogP contribution is -2.41. The molecule has 31 heavy (non-hydrogen) atoms. The van der Waals surface area contributed by atoms with Crippen LogP contribution in [0.15, 0.2) is 45.9 Å². The van der Waals surface area contributed by atoms with E-state index in [0.29, 0.717) is 34.6 Å². The summed E-state index contributed by atoms with van der Waals surface area (Å²) >= 11 is 0. The molecule has 0 radical (unpaired) electrons. The Hall–Kier alpha value is -3.11. The summed E-state index contributed by atoms with van der Waals surface area (Å²) in [6.07, 6.45) is 3.62. The molecule has 0 bridgehead atoms. The normalized spacial score (nSPS) is 14.9. The maximum Gasteiger partial charge on any atom is 0.243 e. The maximum absolute atomic E-state index is 13.0. The molecule has 4 rings (SSSR count). The Bertz CT molecular complexity index is 1230. The molecular weight excluding hydrogens is 418 g/mol. The van der Waals surface area contributed by atoms with E-state index >= 15 is 0 Å². The topological polar surface area (TPSA) is 127 Å². The summed E-state index contributed by atoms with van der Waals surface area (Å²) in [5.41, 5.74) is 2.00. The highest BCUT2D eigenvalue weighted by Crippen LogP contribution is 2.39. The van der Waals surface area contributed by atoms with Crippen molar-refractivity contribution in [3.63, 3.8) is 0 Å². The number of aryl methyl sites for hydroxylation is 2. The van der Waals surface area contributed by atoms with Gasteiger partial charge in [0.2, 0.25) is 27.6 Å². The van der Waals surface area contributed by atoms with E-state index in [2.05, 4.69) is 25.2 Å². The third-order valence-electron chi connectivity index (χ3n) is 5.00. The van der Waals surface area contributed by atoms with E-state index in [4.69, 9.17) is 4.52 Å². The quantitative estimate of drug-likeness (QED) is 0.577. The number of nitrogens with one attached hydrogen (secondary N) is 2. The van der Waals surface area contributed by atoms with Gasteiger partial charge in [-0.05, 0) is 62.9 Å². The van der Waals surface area contributed by atoms with Crippen molar-refractivity contribution >= 4 is 21.7 Å². The highest BCUT2D eigenvalue weighted by Gasteiger charge is 2.30. The van der Waals surface area contributed by atoms with E-state index in [-0.39, 0.29) is 4.90 Å². The van der Waals surface area contributed by atoms with Crippen molar-refractivity contribution in [1.29, 1.82) is 0 Å². The van der Waals surface area contributed by atoms with E-state index < -0.39 is 22.0 Å². The molecule has 9 nitrogen and oxygen atoms in total. The molecule has 1 saturated carbocycles. The van der Waals surface area contributed by atoms with Gasteiger partial charge in [0.25, 0.3) is 0 Å². The van der Waals surface area contributed by atoms with E-state index in [1.165, 1.54) is 13.0 Å². The van der Waals surface area contributed by atoms with Crippen LogP contribution >= 0.6 is 0 Å². The van der Waals surface area contributed by atoms with Crippen LogP contribution in [0.25, 0.3) is 11.4 Å². The summed E-state index contributed by atoms with van der Waals surface area (Å²) < 4.78 is 33.7. The minimum Gasteiger partial charge on any atom is -0.339 e. The second kappa shape index (κ2) is 8.20. The zero-order chi connectivity index (χ0) is 22.2. The largest absolute Gasteiger partial charge is 0.339 e. The Morgan fingerprint density at radius 3 is 2.68 bits per heavy atom. The predicted octanol–water partition coefficient (Wildman–Crippen LogP) is 2.93. The summed E-state index contributed by atoms with van der Waals surface area (Å²) in [5, 5.41) is 6.59. The first-order valence-electron chi connectivity index (χ1n) is 9.93. The van der Waals surface area contributed by atoms with E-state index in [1.54, 1.807) is 37.4 Å². The van der Waals surface area contributed by atoms with Crippen molar-refractivity contribution in [3.05, 3.63) is 53.5 Å². The number of carbonyl (C=O) groups excluding carboxylic acids is 1. The van der Waals surface area contributed by atoms with Gasteiger partial charge in [-0.15, -0.1) is 0 Å². The third-order valence-corrected chi connectivity index (χ3v) is 6.68. The average Bonchev–Trinajstić information content (AvgIpc) is 3.45. The van der Waals surface area contributed by atoms with Gasteiger partial charge in [-0.3, -0.25) is 4.79 Å². The van der Waals surface area contributed by atoms with Crippen LogP contribution < -0.4 is 10.0 Å². The van der Waals surface area contributed by atoms with Crippen LogP contribution in [0.4, 0.5) is 5.82 Å².